The van der Waals surface area contributed by atoms with E-state index in [1.54, 1.807) is 17.5 Å². The van der Waals surface area contributed by atoms with Crippen molar-refractivity contribution in [3.63, 3.8) is 0 Å². The zero-order valence-corrected chi connectivity index (χ0v) is 9.15. The first-order valence-corrected chi connectivity index (χ1v) is 5.39. The number of carbonyl (C=O) groups is 2. The Balaban J connectivity index is 2.48. The molecule has 86 valence electrons. The standard InChI is InChI=1S/C10H6N2O4S/c13-8(7-2-1-3-17-7)6-4-5(10(15)16)9(14)12-11-6/h1-4H,(H,12,14)(H,15,16). The molecule has 0 spiro atoms. The number of aromatic nitrogens is 2. The van der Waals surface area contributed by atoms with Gasteiger partial charge in [-0.05, 0) is 17.5 Å². The zero-order valence-electron chi connectivity index (χ0n) is 8.34. The van der Waals surface area contributed by atoms with Crippen molar-refractivity contribution in [2.24, 2.45) is 0 Å². The summed E-state index contributed by atoms with van der Waals surface area (Å²) in [5.74, 6) is -1.81. The fraction of sp³-hybridized carbons (Fsp3) is 0. The van der Waals surface area contributed by atoms with Gasteiger partial charge in [0.15, 0.2) is 0 Å². The molecule has 0 bridgehead atoms. The first kappa shape index (κ1) is 11.2. The number of nitrogens with one attached hydrogen (secondary N) is 1. The lowest BCUT2D eigenvalue weighted by atomic mass is 10.2. The number of hydrogen-bond acceptors (Lipinski definition) is 5. The van der Waals surface area contributed by atoms with Crippen LogP contribution < -0.4 is 5.56 Å². The summed E-state index contributed by atoms with van der Waals surface area (Å²) >= 11 is 1.22. The average Bonchev–Trinajstić information content (AvgIpc) is 2.81. The van der Waals surface area contributed by atoms with Gasteiger partial charge in [0.25, 0.3) is 5.56 Å². The van der Waals surface area contributed by atoms with E-state index in [4.69, 9.17) is 5.11 Å². The minimum absolute atomic E-state index is 0.0931. The Morgan fingerprint density at radius 1 is 1.41 bits per heavy atom. The average molecular weight is 250 g/mol. The number of carboxylic acid groups (broad SMARTS) is 1. The van der Waals surface area contributed by atoms with E-state index in [1.165, 1.54) is 11.3 Å². The SMILES string of the molecule is O=C(c1cc(C(=O)O)c(=O)[nH]n1)c1cccs1. The minimum atomic E-state index is -1.39. The quantitative estimate of drug-likeness (QED) is 0.783. The van der Waals surface area contributed by atoms with Gasteiger partial charge in [-0.1, -0.05) is 6.07 Å². The molecule has 0 saturated heterocycles. The summed E-state index contributed by atoms with van der Waals surface area (Å²) in [6.07, 6.45) is 0. The summed E-state index contributed by atoms with van der Waals surface area (Å²) in [7, 11) is 0. The fourth-order valence-corrected chi connectivity index (χ4v) is 1.89. The molecule has 0 unspecified atom stereocenters. The summed E-state index contributed by atoms with van der Waals surface area (Å²) in [6, 6.07) is 4.27. The Bertz CT molecular complexity index is 630. The van der Waals surface area contributed by atoms with Gasteiger partial charge in [0.05, 0.1) is 4.88 Å². The molecule has 0 aliphatic carbocycles. The second kappa shape index (κ2) is 4.30. The lowest BCUT2D eigenvalue weighted by molar-refractivity contribution is 0.0694. The molecule has 0 amide bonds. The van der Waals surface area contributed by atoms with Crippen molar-refractivity contribution in [2.75, 3.05) is 0 Å². The summed E-state index contributed by atoms with van der Waals surface area (Å²) in [5.41, 5.74) is -1.43. The van der Waals surface area contributed by atoms with Gasteiger partial charge in [0.1, 0.15) is 11.3 Å². The number of hydrogen-bond donors (Lipinski definition) is 2. The first-order chi connectivity index (χ1) is 8.09. The summed E-state index contributed by atoms with van der Waals surface area (Å²) < 4.78 is 0. The summed E-state index contributed by atoms with van der Waals surface area (Å²) in [4.78, 5) is 34.1. The van der Waals surface area contributed by atoms with Gasteiger partial charge in [-0.2, -0.15) is 5.10 Å². The molecule has 0 saturated carbocycles. The van der Waals surface area contributed by atoms with Crippen LogP contribution in [0.3, 0.4) is 0 Å². The van der Waals surface area contributed by atoms with E-state index in [9.17, 15) is 14.4 Å². The molecule has 2 aromatic rings. The highest BCUT2D eigenvalue weighted by molar-refractivity contribution is 7.12. The third-order valence-electron chi connectivity index (χ3n) is 2.01. The summed E-state index contributed by atoms with van der Waals surface area (Å²) in [6.45, 7) is 0. The van der Waals surface area contributed by atoms with Crippen LogP contribution in [0.5, 0.6) is 0 Å². The van der Waals surface area contributed by atoms with Crippen LogP contribution in [-0.4, -0.2) is 27.1 Å². The number of ketones is 1. The van der Waals surface area contributed by atoms with E-state index < -0.39 is 22.9 Å². The number of aromatic carboxylic acids is 1. The van der Waals surface area contributed by atoms with Gasteiger partial charge in [-0.25, -0.2) is 9.89 Å². The van der Waals surface area contributed by atoms with E-state index in [0.29, 0.717) is 4.88 Å². The predicted octanol–water partition coefficient (Wildman–Crippen LogP) is 0.761. The summed E-state index contributed by atoms with van der Waals surface area (Å²) in [5, 5.41) is 16.0. The Kier molecular flexibility index (Phi) is 2.84. The van der Waals surface area contributed by atoms with Crippen molar-refractivity contribution < 1.29 is 14.7 Å². The number of carboxylic acids is 1. The van der Waals surface area contributed by atoms with Crippen molar-refractivity contribution in [1.82, 2.24) is 10.2 Å². The van der Waals surface area contributed by atoms with Crippen molar-refractivity contribution in [3.8, 4) is 0 Å². The van der Waals surface area contributed by atoms with E-state index in [-0.39, 0.29) is 5.69 Å². The number of rotatable bonds is 3. The van der Waals surface area contributed by atoms with E-state index in [2.05, 4.69) is 5.10 Å². The number of thiophene rings is 1. The maximum Gasteiger partial charge on any atom is 0.341 e. The fourth-order valence-electron chi connectivity index (χ4n) is 1.21. The maximum atomic E-state index is 11.8. The number of carbonyl (C=O) groups excluding carboxylic acids is 1. The molecule has 17 heavy (non-hydrogen) atoms. The van der Waals surface area contributed by atoms with Crippen LogP contribution in [0.25, 0.3) is 0 Å². The van der Waals surface area contributed by atoms with Crippen molar-refractivity contribution in [1.29, 1.82) is 0 Å². The second-order valence-corrected chi connectivity index (χ2v) is 4.06. The van der Waals surface area contributed by atoms with Crippen molar-refractivity contribution in [3.05, 3.63) is 50.1 Å². The normalized spacial score (nSPS) is 10.1. The molecular formula is C10H6N2O4S. The molecule has 0 fully saturated rings. The molecule has 0 aliphatic heterocycles. The third-order valence-corrected chi connectivity index (χ3v) is 2.88. The molecule has 0 aliphatic rings. The molecule has 0 atom stereocenters. The lowest BCUT2D eigenvalue weighted by Crippen LogP contribution is -2.21. The molecule has 0 aromatic carbocycles. The van der Waals surface area contributed by atoms with E-state index in [0.717, 1.165) is 6.07 Å². The highest BCUT2D eigenvalue weighted by atomic mass is 32.1. The Labute approximate surface area is 98.5 Å². The van der Waals surface area contributed by atoms with Gasteiger partial charge in [0, 0.05) is 0 Å². The van der Waals surface area contributed by atoms with Crippen LogP contribution in [-0.2, 0) is 0 Å². The molecule has 0 radical (unpaired) electrons. The van der Waals surface area contributed by atoms with Gasteiger partial charge < -0.3 is 5.11 Å². The first-order valence-electron chi connectivity index (χ1n) is 4.51. The molecule has 2 aromatic heterocycles. The van der Waals surface area contributed by atoms with E-state index in [1.807, 2.05) is 5.10 Å². The highest BCUT2D eigenvalue weighted by Crippen LogP contribution is 2.13. The molecule has 6 nitrogen and oxygen atoms in total. The van der Waals surface area contributed by atoms with Crippen molar-refractivity contribution >= 4 is 23.1 Å². The monoisotopic (exact) mass is 250 g/mol. The molecule has 7 heteroatoms. The number of H-pyrrole nitrogens is 1. The predicted molar refractivity (Wildman–Crippen MR) is 59.6 cm³/mol. The van der Waals surface area contributed by atoms with Gasteiger partial charge >= 0.3 is 5.97 Å². The Hall–Kier alpha value is -2.28. The van der Waals surface area contributed by atoms with E-state index >= 15 is 0 Å². The van der Waals surface area contributed by atoms with Crippen LogP contribution in [0.2, 0.25) is 0 Å². The largest absolute Gasteiger partial charge is 0.477 e. The molecular weight excluding hydrogens is 244 g/mol. The van der Waals surface area contributed by atoms with Crippen LogP contribution in [0.15, 0.2) is 28.4 Å². The Morgan fingerprint density at radius 2 is 2.18 bits per heavy atom. The molecule has 2 N–H and O–H groups in total. The molecule has 2 heterocycles. The minimum Gasteiger partial charge on any atom is -0.477 e. The van der Waals surface area contributed by atoms with Gasteiger partial charge in [0.2, 0.25) is 5.78 Å². The van der Waals surface area contributed by atoms with Gasteiger partial charge in [-0.3, -0.25) is 9.59 Å². The zero-order chi connectivity index (χ0) is 12.4. The van der Waals surface area contributed by atoms with Crippen LogP contribution in [0.1, 0.15) is 25.7 Å². The van der Waals surface area contributed by atoms with Gasteiger partial charge in [-0.15, -0.1) is 11.3 Å². The van der Waals surface area contributed by atoms with Crippen LogP contribution in [0.4, 0.5) is 0 Å². The van der Waals surface area contributed by atoms with Crippen LogP contribution in [0, 0.1) is 0 Å². The molecule has 2 rings (SSSR count). The lowest BCUT2D eigenvalue weighted by Gasteiger charge is -1.98. The number of nitrogens with zero attached hydrogens (tertiary/aromatic N) is 1. The Morgan fingerprint density at radius 3 is 2.76 bits per heavy atom. The third kappa shape index (κ3) is 2.13. The smallest absolute Gasteiger partial charge is 0.341 e. The maximum absolute atomic E-state index is 11.8. The topological polar surface area (TPSA) is 100 Å². The number of aromatic amines is 1. The van der Waals surface area contributed by atoms with Crippen LogP contribution >= 0.6 is 11.3 Å². The highest BCUT2D eigenvalue weighted by Gasteiger charge is 2.16. The van der Waals surface area contributed by atoms with Crippen molar-refractivity contribution in [2.45, 2.75) is 0 Å². The second-order valence-electron chi connectivity index (χ2n) is 3.11.